The second kappa shape index (κ2) is 2.55. The lowest BCUT2D eigenvalue weighted by Crippen LogP contribution is -2.51. The smallest absolute Gasteiger partial charge is 0.164 e. The van der Waals surface area contributed by atoms with Gasteiger partial charge >= 0.3 is 0 Å². The Balaban J connectivity index is 3.07. The number of carbonyl (C=O) groups is 1. The molecule has 1 atom stereocenters. The fraction of sp³-hybridized carbons (Fsp3) is 0.900. The van der Waals surface area contributed by atoms with Gasteiger partial charge in [0.25, 0.3) is 0 Å². The molecular weight excluding hydrogens is 168 g/mol. The van der Waals surface area contributed by atoms with E-state index in [9.17, 15) is 9.90 Å². The fourth-order valence-electron chi connectivity index (χ4n) is 2.19. The van der Waals surface area contributed by atoms with Crippen LogP contribution in [0.25, 0.3) is 0 Å². The second-order valence-corrected chi connectivity index (χ2v) is 4.97. The van der Waals surface area contributed by atoms with Crippen LogP contribution in [-0.2, 0) is 9.53 Å². The van der Waals surface area contributed by atoms with Crippen molar-refractivity contribution < 1.29 is 14.6 Å². The highest BCUT2D eigenvalue weighted by atomic mass is 16.6. The number of carbonyl (C=O) groups excluding carboxylic acids is 1. The standard InChI is InChI=1S/C10H18O3/c1-7(11)10(12)6-8(2,3)13-9(10,4)5/h12H,6H2,1-5H3. The normalized spacial score (nSPS) is 36.2. The summed E-state index contributed by atoms with van der Waals surface area (Å²) in [5.41, 5.74) is -2.55. The van der Waals surface area contributed by atoms with Crippen LogP contribution in [0.4, 0.5) is 0 Å². The summed E-state index contributed by atoms with van der Waals surface area (Å²) in [5.74, 6) is -0.219. The van der Waals surface area contributed by atoms with E-state index >= 15 is 0 Å². The van der Waals surface area contributed by atoms with Crippen molar-refractivity contribution in [1.82, 2.24) is 0 Å². The van der Waals surface area contributed by atoms with Gasteiger partial charge in [-0.05, 0) is 34.6 Å². The van der Waals surface area contributed by atoms with Gasteiger partial charge in [0.15, 0.2) is 11.4 Å². The number of hydrogen-bond donors (Lipinski definition) is 1. The number of ether oxygens (including phenoxy) is 1. The summed E-state index contributed by atoms with van der Waals surface area (Å²) in [6.45, 7) is 8.68. The molecule has 0 aliphatic carbocycles. The van der Waals surface area contributed by atoms with Crippen molar-refractivity contribution in [2.75, 3.05) is 0 Å². The predicted octanol–water partition coefficient (Wildman–Crippen LogP) is 1.28. The highest BCUT2D eigenvalue weighted by Gasteiger charge is 2.59. The lowest BCUT2D eigenvalue weighted by Gasteiger charge is -2.32. The van der Waals surface area contributed by atoms with Crippen molar-refractivity contribution in [2.45, 2.75) is 57.8 Å². The van der Waals surface area contributed by atoms with Gasteiger partial charge < -0.3 is 9.84 Å². The molecule has 0 spiro atoms. The number of Topliss-reactive ketones (excluding diaryl/α,β-unsaturated/α-hetero) is 1. The molecule has 1 N–H and O–H groups in total. The Hall–Kier alpha value is -0.410. The molecule has 0 aromatic rings. The van der Waals surface area contributed by atoms with Gasteiger partial charge in [0.05, 0.1) is 11.2 Å². The first-order valence-electron chi connectivity index (χ1n) is 4.54. The van der Waals surface area contributed by atoms with Gasteiger partial charge in [0.2, 0.25) is 0 Å². The lowest BCUT2D eigenvalue weighted by molar-refractivity contribution is -0.156. The van der Waals surface area contributed by atoms with Gasteiger partial charge in [0.1, 0.15) is 0 Å². The maximum absolute atomic E-state index is 11.3. The molecule has 1 fully saturated rings. The van der Waals surface area contributed by atoms with Crippen molar-refractivity contribution in [2.24, 2.45) is 0 Å². The molecule has 0 radical (unpaired) electrons. The van der Waals surface area contributed by atoms with Crippen molar-refractivity contribution in [3.8, 4) is 0 Å². The SMILES string of the molecule is CC(=O)C1(O)CC(C)(C)OC1(C)C. The third-order valence-electron chi connectivity index (χ3n) is 2.79. The molecular formula is C10H18O3. The van der Waals surface area contributed by atoms with Crippen molar-refractivity contribution in [1.29, 1.82) is 0 Å². The van der Waals surface area contributed by atoms with E-state index in [1.165, 1.54) is 6.92 Å². The van der Waals surface area contributed by atoms with Gasteiger partial charge in [-0.2, -0.15) is 0 Å². The first kappa shape index (κ1) is 10.7. The zero-order valence-electron chi connectivity index (χ0n) is 8.97. The van der Waals surface area contributed by atoms with Gasteiger partial charge in [-0.15, -0.1) is 0 Å². The molecule has 3 heteroatoms. The van der Waals surface area contributed by atoms with Crippen LogP contribution >= 0.6 is 0 Å². The largest absolute Gasteiger partial charge is 0.379 e. The molecule has 1 aliphatic heterocycles. The summed E-state index contributed by atoms with van der Waals surface area (Å²) in [5, 5.41) is 10.2. The van der Waals surface area contributed by atoms with Crippen LogP contribution in [0.2, 0.25) is 0 Å². The van der Waals surface area contributed by atoms with Crippen LogP contribution < -0.4 is 0 Å². The Bertz CT molecular complexity index is 243. The first-order valence-corrected chi connectivity index (χ1v) is 4.54. The Morgan fingerprint density at radius 3 is 1.92 bits per heavy atom. The molecule has 1 heterocycles. The zero-order valence-corrected chi connectivity index (χ0v) is 8.97. The molecule has 76 valence electrons. The molecule has 1 aliphatic rings. The van der Waals surface area contributed by atoms with Crippen molar-refractivity contribution in [3.63, 3.8) is 0 Å². The average Bonchev–Trinajstić information content (AvgIpc) is 1.97. The summed E-state index contributed by atoms with van der Waals surface area (Å²) in [6.07, 6.45) is 0.363. The summed E-state index contributed by atoms with van der Waals surface area (Å²) in [4.78, 5) is 11.3. The summed E-state index contributed by atoms with van der Waals surface area (Å²) < 4.78 is 5.64. The molecule has 0 saturated carbocycles. The number of ketones is 1. The van der Waals surface area contributed by atoms with E-state index in [1.807, 2.05) is 13.8 Å². The topological polar surface area (TPSA) is 46.5 Å². The number of hydrogen-bond acceptors (Lipinski definition) is 3. The second-order valence-electron chi connectivity index (χ2n) is 4.97. The van der Waals surface area contributed by atoms with Crippen LogP contribution in [0, 0.1) is 0 Å². The van der Waals surface area contributed by atoms with Gasteiger partial charge in [-0.3, -0.25) is 4.79 Å². The minimum atomic E-state index is -1.34. The van der Waals surface area contributed by atoms with E-state index < -0.39 is 16.8 Å². The van der Waals surface area contributed by atoms with Crippen molar-refractivity contribution in [3.05, 3.63) is 0 Å². The molecule has 0 aromatic carbocycles. The Morgan fingerprint density at radius 2 is 1.77 bits per heavy atom. The Kier molecular flexibility index (Phi) is 2.09. The van der Waals surface area contributed by atoms with E-state index in [4.69, 9.17) is 4.74 Å². The molecule has 0 aromatic heterocycles. The zero-order chi connectivity index (χ0) is 10.5. The summed E-state index contributed by atoms with van der Waals surface area (Å²) >= 11 is 0. The van der Waals surface area contributed by atoms with E-state index in [2.05, 4.69) is 0 Å². The molecule has 3 nitrogen and oxygen atoms in total. The summed E-state index contributed by atoms with van der Waals surface area (Å²) in [7, 11) is 0. The molecule has 0 bridgehead atoms. The van der Waals surface area contributed by atoms with Crippen LogP contribution in [0.15, 0.2) is 0 Å². The monoisotopic (exact) mass is 186 g/mol. The van der Waals surface area contributed by atoms with Gasteiger partial charge in [-0.25, -0.2) is 0 Å². The minimum absolute atomic E-state index is 0.219. The Morgan fingerprint density at radius 1 is 1.31 bits per heavy atom. The maximum Gasteiger partial charge on any atom is 0.164 e. The highest BCUT2D eigenvalue weighted by molar-refractivity contribution is 5.86. The quantitative estimate of drug-likeness (QED) is 0.671. The van der Waals surface area contributed by atoms with E-state index in [0.29, 0.717) is 6.42 Å². The van der Waals surface area contributed by atoms with Crippen LogP contribution in [0.1, 0.15) is 41.0 Å². The Labute approximate surface area is 79.1 Å². The minimum Gasteiger partial charge on any atom is -0.379 e. The molecule has 13 heavy (non-hydrogen) atoms. The van der Waals surface area contributed by atoms with Crippen molar-refractivity contribution >= 4 is 5.78 Å². The fourth-order valence-corrected chi connectivity index (χ4v) is 2.19. The molecule has 0 amide bonds. The molecule has 1 saturated heterocycles. The average molecular weight is 186 g/mol. The third kappa shape index (κ3) is 1.51. The third-order valence-corrected chi connectivity index (χ3v) is 2.79. The van der Waals surface area contributed by atoms with E-state index in [0.717, 1.165) is 0 Å². The predicted molar refractivity (Wildman–Crippen MR) is 49.5 cm³/mol. The van der Waals surface area contributed by atoms with E-state index in [1.54, 1.807) is 13.8 Å². The van der Waals surface area contributed by atoms with Crippen LogP contribution in [0.3, 0.4) is 0 Å². The van der Waals surface area contributed by atoms with Crippen LogP contribution in [-0.4, -0.2) is 27.7 Å². The molecule has 1 unspecified atom stereocenters. The first-order chi connectivity index (χ1) is 5.61. The molecule has 1 rings (SSSR count). The number of aliphatic hydroxyl groups is 1. The van der Waals surface area contributed by atoms with Gasteiger partial charge in [-0.1, -0.05) is 0 Å². The lowest BCUT2D eigenvalue weighted by atomic mass is 9.80. The maximum atomic E-state index is 11.3. The van der Waals surface area contributed by atoms with E-state index in [-0.39, 0.29) is 5.78 Å². The number of rotatable bonds is 1. The van der Waals surface area contributed by atoms with Crippen LogP contribution in [0.5, 0.6) is 0 Å². The highest BCUT2D eigenvalue weighted by Crippen LogP contribution is 2.45. The summed E-state index contributed by atoms with van der Waals surface area (Å²) in [6, 6.07) is 0. The van der Waals surface area contributed by atoms with Gasteiger partial charge in [0, 0.05) is 6.42 Å².